The molecule has 0 radical (unpaired) electrons. The zero-order valence-corrected chi connectivity index (χ0v) is 16.2. The lowest BCUT2D eigenvalue weighted by atomic mass is 10.0. The van der Waals surface area contributed by atoms with Crippen molar-refractivity contribution in [2.24, 2.45) is 0 Å². The van der Waals surface area contributed by atoms with Crippen molar-refractivity contribution >= 4 is 16.0 Å². The molecule has 1 heterocycles. The normalized spacial score (nSPS) is 16.3. The number of nitrogens with zero attached hydrogens (tertiary/aromatic N) is 1. The van der Waals surface area contributed by atoms with Gasteiger partial charge < -0.3 is 9.47 Å². The molecule has 27 heavy (non-hydrogen) atoms. The Morgan fingerprint density at radius 2 is 1.85 bits per heavy atom. The van der Waals surface area contributed by atoms with E-state index >= 15 is 0 Å². The van der Waals surface area contributed by atoms with E-state index in [2.05, 4.69) is 4.74 Å². The van der Waals surface area contributed by atoms with Crippen molar-refractivity contribution in [3.63, 3.8) is 0 Å². The molecule has 1 fully saturated rings. The molecule has 2 aromatic carbocycles. The minimum atomic E-state index is -3.57. The summed E-state index contributed by atoms with van der Waals surface area (Å²) in [6, 6.07) is 14.6. The van der Waals surface area contributed by atoms with Crippen molar-refractivity contribution < 1.29 is 22.7 Å². The molecule has 0 amide bonds. The summed E-state index contributed by atoms with van der Waals surface area (Å²) in [6.07, 6.45) is 0.879. The summed E-state index contributed by atoms with van der Waals surface area (Å²) in [5.41, 5.74) is 2.71. The highest BCUT2D eigenvalue weighted by molar-refractivity contribution is 7.89. The van der Waals surface area contributed by atoms with Crippen molar-refractivity contribution in [3.8, 4) is 11.1 Å². The molecule has 1 aliphatic rings. The molecule has 2 aromatic rings. The van der Waals surface area contributed by atoms with Crippen LogP contribution in [0.2, 0.25) is 0 Å². The number of ether oxygens (including phenoxy) is 2. The third-order valence-electron chi connectivity index (χ3n) is 4.51. The first-order chi connectivity index (χ1) is 12.9. The number of aryl methyl sites for hydroxylation is 1. The predicted octanol–water partition coefficient (Wildman–Crippen LogP) is 2.48. The number of epoxide rings is 1. The van der Waals surface area contributed by atoms with Crippen LogP contribution in [0, 0.1) is 0 Å². The Morgan fingerprint density at radius 1 is 1.19 bits per heavy atom. The lowest BCUT2D eigenvalue weighted by Crippen LogP contribution is -2.30. The van der Waals surface area contributed by atoms with Gasteiger partial charge in [-0.05, 0) is 35.2 Å². The lowest BCUT2D eigenvalue weighted by molar-refractivity contribution is -0.140. The first-order valence-electron chi connectivity index (χ1n) is 8.74. The minimum Gasteiger partial charge on any atom is -0.469 e. The van der Waals surface area contributed by atoms with Gasteiger partial charge in [-0.2, -0.15) is 4.31 Å². The number of likely N-dealkylation sites (N-methyl/N-ethyl adjacent to an activating group) is 1. The monoisotopic (exact) mass is 389 g/mol. The molecule has 1 unspecified atom stereocenters. The number of sulfonamides is 1. The average Bonchev–Trinajstić information content (AvgIpc) is 3.50. The van der Waals surface area contributed by atoms with Gasteiger partial charge in [-0.1, -0.05) is 36.4 Å². The molecular formula is C20H23NO5S. The van der Waals surface area contributed by atoms with Crippen molar-refractivity contribution in [2.75, 3.05) is 27.3 Å². The van der Waals surface area contributed by atoms with Crippen LogP contribution in [0.25, 0.3) is 11.1 Å². The molecule has 6 nitrogen and oxygen atoms in total. The summed E-state index contributed by atoms with van der Waals surface area (Å²) in [5.74, 6) is -0.254. The fourth-order valence-corrected chi connectivity index (χ4v) is 4.08. The fourth-order valence-electron chi connectivity index (χ4n) is 2.83. The summed E-state index contributed by atoms with van der Waals surface area (Å²) in [5, 5.41) is 0. The van der Waals surface area contributed by atoms with E-state index < -0.39 is 10.0 Å². The molecule has 7 heteroatoms. The summed E-state index contributed by atoms with van der Waals surface area (Å²) in [4.78, 5) is 11.6. The Bertz CT molecular complexity index is 921. The first kappa shape index (κ1) is 19.5. The Hall–Kier alpha value is -2.22. The molecular weight excluding hydrogens is 366 g/mol. The highest BCUT2D eigenvalue weighted by atomic mass is 32.2. The number of benzene rings is 2. The predicted molar refractivity (Wildman–Crippen MR) is 102 cm³/mol. The molecule has 0 aromatic heterocycles. The highest BCUT2D eigenvalue weighted by Gasteiger charge is 2.30. The Labute approximate surface area is 159 Å². The van der Waals surface area contributed by atoms with Gasteiger partial charge in [-0.15, -0.1) is 0 Å². The molecule has 0 N–H and O–H groups in total. The topological polar surface area (TPSA) is 76.2 Å². The van der Waals surface area contributed by atoms with Crippen LogP contribution < -0.4 is 0 Å². The molecule has 1 saturated heterocycles. The average molecular weight is 389 g/mol. The highest BCUT2D eigenvalue weighted by Crippen LogP contribution is 2.26. The number of hydrogen-bond acceptors (Lipinski definition) is 5. The smallest absolute Gasteiger partial charge is 0.305 e. The van der Waals surface area contributed by atoms with E-state index in [-0.39, 0.29) is 17.0 Å². The quantitative estimate of drug-likeness (QED) is 0.512. The van der Waals surface area contributed by atoms with Crippen molar-refractivity contribution in [1.29, 1.82) is 0 Å². The summed E-state index contributed by atoms with van der Waals surface area (Å²) < 4.78 is 36.7. The van der Waals surface area contributed by atoms with Crippen molar-refractivity contribution in [3.05, 3.63) is 54.1 Å². The number of esters is 1. The van der Waals surface area contributed by atoms with E-state index in [9.17, 15) is 13.2 Å². The molecule has 0 aliphatic carbocycles. The minimum absolute atomic E-state index is 0.000509. The van der Waals surface area contributed by atoms with E-state index in [0.717, 1.165) is 16.7 Å². The number of carbonyl (C=O) groups is 1. The van der Waals surface area contributed by atoms with Crippen LogP contribution in [-0.4, -0.2) is 52.1 Å². The van der Waals surface area contributed by atoms with Crippen LogP contribution in [-0.2, 0) is 30.7 Å². The Kier molecular flexibility index (Phi) is 5.94. The summed E-state index contributed by atoms with van der Waals surface area (Å²) in [6.45, 7) is 0.966. The number of carbonyl (C=O) groups excluding carboxylic acids is 1. The van der Waals surface area contributed by atoms with E-state index in [0.29, 0.717) is 26.0 Å². The maximum atomic E-state index is 12.8. The second-order valence-corrected chi connectivity index (χ2v) is 8.59. The maximum absolute atomic E-state index is 12.8. The van der Waals surface area contributed by atoms with E-state index in [1.54, 1.807) is 25.2 Å². The third-order valence-corrected chi connectivity index (χ3v) is 6.33. The van der Waals surface area contributed by atoms with Crippen molar-refractivity contribution in [2.45, 2.75) is 23.8 Å². The van der Waals surface area contributed by atoms with Crippen LogP contribution >= 0.6 is 0 Å². The molecule has 0 bridgehead atoms. The lowest BCUT2D eigenvalue weighted by Gasteiger charge is -2.16. The molecule has 1 atom stereocenters. The molecule has 0 saturated carbocycles. The third kappa shape index (κ3) is 4.94. The van der Waals surface area contributed by atoms with E-state index in [1.807, 2.05) is 30.3 Å². The van der Waals surface area contributed by atoms with E-state index in [1.165, 1.54) is 11.4 Å². The number of rotatable bonds is 8. The van der Waals surface area contributed by atoms with Gasteiger partial charge >= 0.3 is 5.97 Å². The van der Waals surface area contributed by atoms with Gasteiger partial charge in [0.05, 0.1) is 24.7 Å². The van der Waals surface area contributed by atoms with Gasteiger partial charge in [0.25, 0.3) is 0 Å². The van der Waals surface area contributed by atoms with Crippen LogP contribution in [0.3, 0.4) is 0 Å². The second kappa shape index (κ2) is 8.21. The number of methoxy groups -OCH3 is 1. The second-order valence-electron chi connectivity index (χ2n) is 6.55. The largest absolute Gasteiger partial charge is 0.469 e. The summed E-state index contributed by atoms with van der Waals surface area (Å²) in [7, 11) is -0.629. The van der Waals surface area contributed by atoms with Crippen LogP contribution in [0.15, 0.2) is 53.4 Å². The van der Waals surface area contributed by atoms with Gasteiger partial charge in [-0.25, -0.2) is 8.42 Å². The van der Waals surface area contributed by atoms with Crippen LogP contribution in [0.5, 0.6) is 0 Å². The Morgan fingerprint density at radius 3 is 2.52 bits per heavy atom. The first-order valence-corrected chi connectivity index (χ1v) is 10.2. The fraction of sp³-hybridized carbons (Fsp3) is 0.350. The molecule has 1 aliphatic heterocycles. The van der Waals surface area contributed by atoms with Gasteiger partial charge in [0.15, 0.2) is 0 Å². The van der Waals surface area contributed by atoms with Crippen LogP contribution in [0.1, 0.15) is 12.0 Å². The van der Waals surface area contributed by atoms with Gasteiger partial charge in [0.2, 0.25) is 10.0 Å². The molecule has 144 valence electrons. The van der Waals surface area contributed by atoms with Crippen LogP contribution in [0.4, 0.5) is 0 Å². The summed E-state index contributed by atoms with van der Waals surface area (Å²) >= 11 is 0. The van der Waals surface area contributed by atoms with E-state index in [4.69, 9.17) is 4.74 Å². The van der Waals surface area contributed by atoms with Gasteiger partial charge in [0.1, 0.15) is 0 Å². The molecule has 0 spiro atoms. The van der Waals surface area contributed by atoms with Crippen molar-refractivity contribution in [1.82, 2.24) is 4.31 Å². The maximum Gasteiger partial charge on any atom is 0.305 e. The van der Waals surface area contributed by atoms with Gasteiger partial charge in [0, 0.05) is 20.0 Å². The standard InChI is InChI=1S/C20H23NO5S/c1-21(13-18-14-26-18)27(23,24)19-8-4-7-17(12-19)16-6-3-5-15(11-16)9-10-20(22)25-2/h3-8,11-12,18H,9-10,13-14H2,1-2H3. The molecule has 3 rings (SSSR count). The zero-order chi connectivity index (χ0) is 19.4. The zero-order valence-electron chi connectivity index (χ0n) is 15.4. The Balaban J connectivity index is 1.81. The van der Waals surface area contributed by atoms with Gasteiger partial charge in [-0.3, -0.25) is 4.79 Å². The SMILES string of the molecule is COC(=O)CCc1cccc(-c2cccc(S(=O)(=O)N(C)CC3CO3)c2)c1. The number of hydrogen-bond donors (Lipinski definition) is 0.